The van der Waals surface area contributed by atoms with Crippen LogP contribution in [0.4, 0.5) is 0 Å². The molecule has 1 rings (SSSR count). The fourth-order valence-corrected chi connectivity index (χ4v) is 1.67. The molecule has 1 heterocycles. The standard InChI is InChI=1S/C5H4Cl2N2OS/c1-8-5(10)3-2(6)4(7)9-11-3/h1H3,(H,8,10). The fraction of sp³-hybridized carbons (Fsp3) is 0.200. The van der Waals surface area contributed by atoms with Crippen LogP contribution in [0.2, 0.25) is 10.2 Å². The lowest BCUT2D eigenvalue weighted by Crippen LogP contribution is -2.16. The lowest BCUT2D eigenvalue weighted by molar-refractivity contribution is 0.0967. The summed E-state index contributed by atoms with van der Waals surface area (Å²) in [4.78, 5) is 11.3. The number of rotatable bonds is 1. The van der Waals surface area contributed by atoms with Crippen molar-refractivity contribution in [1.29, 1.82) is 0 Å². The van der Waals surface area contributed by atoms with E-state index in [9.17, 15) is 4.79 Å². The van der Waals surface area contributed by atoms with Gasteiger partial charge in [0.1, 0.15) is 9.90 Å². The Labute approximate surface area is 77.5 Å². The van der Waals surface area contributed by atoms with Gasteiger partial charge in [0.05, 0.1) is 0 Å². The summed E-state index contributed by atoms with van der Waals surface area (Å²) >= 11 is 12.1. The van der Waals surface area contributed by atoms with Gasteiger partial charge in [0, 0.05) is 7.05 Å². The van der Waals surface area contributed by atoms with Crippen LogP contribution in [0.1, 0.15) is 9.67 Å². The Morgan fingerprint density at radius 3 is 2.64 bits per heavy atom. The number of halogens is 2. The summed E-state index contributed by atoms with van der Waals surface area (Å²) in [7, 11) is 1.52. The van der Waals surface area contributed by atoms with Gasteiger partial charge in [-0.1, -0.05) is 23.2 Å². The van der Waals surface area contributed by atoms with Gasteiger partial charge in [0.15, 0.2) is 5.15 Å². The Morgan fingerprint density at radius 2 is 2.27 bits per heavy atom. The Kier molecular flexibility index (Phi) is 2.70. The van der Waals surface area contributed by atoms with Gasteiger partial charge in [0.25, 0.3) is 5.91 Å². The van der Waals surface area contributed by atoms with Crippen LogP contribution in [-0.2, 0) is 0 Å². The van der Waals surface area contributed by atoms with Crippen LogP contribution < -0.4 is 5.32 Å². The summed E-state index contributed by atoms with van der Waals surface area (Å²) < 4.78 is 3.70. The van der Waals surface area contributed by atoms with Crippen molar-refractivity contribution in [1.82, 2.24) is 9.69 Å². The van der Waals surface area contributed by atoms with Crippen LogP contribution in [0.5, 0.6) is 0 Å². The lowest BCUT2D eigenvalue weighted by Gasteiger charge is -1.92. The molecular weight excluding hydrogens is 207 g/mol. The quantitative estimate of drug-likeness (QED) is 0.769. The highest BCUT2D eigenvalue weighted by atomic mass is 35.5. The van der Waals surface area contributed by atoms with E-state index in [1.807, 2.05) is 0 Å². The van der Waals surface area contributed by atoms with Crippen molar-refractivity contribution in [2.24, 2.45) is 0 Å². The zero-order chi connectivity index (χ0) is 8.43. The van der Waals surface area contributed by atoms with Crippen molar-refractivity contribution in [3.05, 3.63) is 15.1 Å². The van der Waals surface area contributed by atoms with E-state index in [-0.39, 0.29) is 16.1 Å². The number of nitrogens with zero attached hydrogens (tertiary/aromatic N) is 1. The summed E-state index contributed by atoms with van der Waals surface area (Å²) in [5.74, 6) is -0.264. The van der Waals surface area contributed by atoms with Crippen molar-refractivity contribution < 1.29 is 4.79 Å². The summed E-state index contributed by atoms with van der Waals surface area (Å²) in [6, 6.07) is 0. The molecule has 1 aromatic rings. The van der Waals surface area contributed by atoms with Gasteiger partial charge in [-0.15, -0.1) is 0 Å². The Balaban J connectivity index is 3.04. The zero-order valence-electron chi connectivity index (χ0n) is 5.52. The molecule has 0 atom stereocenters. The van der Waals surface area contributed by atoms with Crippen molar-refractivity contribution in [2.75, 3.05) is 7.05 Å². The highest BCUT2D eigenvalue weighted by Gasteiger charge is 2.15. The SMILES string of the molecule is CNC(=O)c1snc(Cl)c1Cl. The van der Waals surface area contributed by atoms with E-state index >= 15 is 0 Å². The number of aromatic nitrogens is 1. The molecule has 0 spiro atoms. The minimum Gasteiger partial charge on any atom is -0.354 e. The molecule has 0 saturated carbocycles. The minimum absolute atomic E-state index is 0.176. The summed E-state index contributed by atoms with van der Waals surface area (Å²) in [5.41, 5.74) is 0. The van der Waals surface area contributed by atoms with Gasteiger partial charge < -0.3 is 5.32 Å². The average molecular weight is 211 g/mol. The predicted molar refractivity (Wildman–Crippen MR) is 45.5 cm³/mol. The van der Waals surface area contributed by atoms with E-state index in [1.165, 1.54) is 7.05 Å². The number of amides is 1. The van der Waals surface area contributed by atoms with E-state index in [2.05, 4.69) is 9.69 Å². The molecular formula is C5H4Cl2N2OS. The smallest absolute Gasteiger partial charge is 0.264 e. The second-order valence-corrected chi connectivity index (χ2v) is 3.20. The van der Waals surface area contributed by atoms with Crippen LogP contribution in [0.3, 0.4) is 0 Å². The van der Waals surface area contributed by atoms with Gasteiger partial charge in [-0.05, 0) is 11.5 Å². The Morgan fingerprint density at radius 1 is 1.64 bits per heavy atom. The maximum atomic E-state index is 11.0. The van der Waals surface area contributed by atoms with Gasteiger partial charge in [-0.3, -0.25) is 4.79 Å². The van der Waals surface area contributed by atoms with Crippen molar-refractivity contribution in [3.63, 3.8) is 0 Å². The number of nitrogens with one attached hydrogen (secondary N) is 1. The molecule has 1 aromatic heterocycles. The first-order valence-corrected chi connectivity index (χ1v) is 4.22. The molecule has 0 aromatic carbocycles. The van der Waals surface area contributed by atoms with Crippen LogP contribution >= 0.6 is 34.7 Å². The molecule has 0 aliphatic rings. The Hall–Kier alpha value is -0.320. The van der Waals surface area contributed by atoms with Crippen LogP contribution in [-0.4, -0.2) is 17.3 Å². The normalized spacial score (nSPS) is 9.73. The third-order valence-electron chi connectivity index (χ3n) is 1.03. The Bertz CT molecular complexity index is 286. The molecule has 0 aliphatic heterocycles. The maximum Gasteiger partial charge on any atom is 0.264 e. The maximum absolute atomic E-state index is 11.0. The van der Waals surface area contributed by atoms with E-state index in [4.69, 9.17) is 23.2 Å². The monoisotopic (exact) mass is 210 g/mol. The second-order valence-electron chi connectivity index (χ2n) is 1.70. The first-order valence-electron chi connectivity index (χ1n) is 2.69. The van der Waals surface area contributed by atoms with Gasteiger partial charge in [0.2, 0.25) is 0 Å². The number of carbonyl (C=O) groups excluding carboxylic acids is 1. The van der Waals surface area contributed by atoms with Gasteiger partial charge >= 0.3 is 0 Å². The number of hydrogen-bond acceptors (Lipinski definition) is 3. The average Bonchev–Trinajstić information content (AvgIpc) is 2.32. The summed E-state index contributed by atoms with van der Waals surface area (Å²) in [6.07, 6.45) is 0. The zero-order valence-corrected chi connectivity index (χ0v) is 7.85. The van der Waals surface area contributed by atoms with Crippen LogP contribution in [0, 0.1) is 0 Å². The molecule has 3 nitrogen and oxygen atoms in total. The topological polar surface area (TPSA) is 42.0 Å². The number of hydrogen-bond donors (Lipinski definition) is 1. The van der Waals surface area contributed by atoms with E-state index in [1.54, 1.807) is 0 Å². The molecule has 6 heteroatoms. The molecule has 0 saturated heterocycles. The summed E-state index contributed by atoms with van der Waals surface area (Å²) in [5, 5.41) is 2.82. The molecule has 0 unspecified atom stereocenters. The van der Waals surface area contributed by atoms with Crippen molar-refractivity contribution >= 4 is 40.6 Å². The van der Waals surface area contributed by atoms with E-state index in [0.29, 0.717) is 4.88 Å². The molecule has 0 aliphatic carbocycles. The third kappa shape index (κ3) is 1.64. The van der Waals surface area contributed by atoms with Crippen molar-refractivity contribution in [2.45, 2.75) is 0 Å². The first kappa shape index (κ1) is 8.77. The molecule has 1 N–H and O–H groups in total. The molecule has 60 valence electrons. The molecule has 11 heavy (non-hydrogen) atoms. The predicted octanol–water partition coefficient (Wildman–Crippen LogP) is 1.81. The van der Waals surface area contributed by atoms with Crippen LogP contribution in [0.15, 0.2) is 0 Å². The first-order chi connectivity index (χ1) is 5.16. The minimum atomic E-state index is -0.264. The highest BCUT2D eigenvalue weighted by Crippen LogP contribution is 2.27. The molecule has 1 amide bonds. The lowest BCUT2D eigenvalue weighted by atomic mass is 10.4. The van der Waals surface area contributed by atoms with Gasteiger partial charge in [-0.2, -0.15) is 4.37 Å². The number of carbonyl (C=O) groups is 1. The third-order valence-corrected chi connectivity index (χ3v) is 2.83. The van der Waals surface area contributed by atoms with E-state index in [0.717, 1.165) is 11.5 Å². The molecule has 0 fully saturated rings. The van der Waals surface area contributed by atoms with Crippen LogP contribution in [0.25, 0.3) is 0 Å². The highest BCUT2D eigenvalue weighted by molar-refractivity contribution is 7.09. The van der Waals surface area contributed by atoms with Crippen molar-refractivity contribution in [3.8, 4) is 0 Å². The summed E-state index contributed by atoms with van der Waals surface area (Å²) in [6.45, 7) is 0. The molecule has 0 bridgehead atoms. The second kappa shape index (κ2) is 3.38. The fourth-order valence-electron chi connectivity index (χ4n) is 0.514. The van der Waals surface area contributed by atoms with Gasteiger partial charge in [-0.25, -0.2) is 0 Å². The molecule has 0 radical (unpaired) electrons. The van der Waals surface area contributed by atoms with E-state index < -0.39 is 0 Å². The largest absolute Gasteiger partial charge is 0.354 e.